The van der Waals surface area contributed by atoms with E-state index in [1.165, 1.54) is 49.7 Å². The van der Waals surface area contributed by atoms with Crippen LogP contribution in [0.3, 0.4) is 0 Å². The van der Waals surface area contributed by atoms with Crippen LogP contribution in [0, 0.1) is 0 Å². The second-order valence-corrected chi connectivity index (χ2v) is 19.5. The third-order valence-corrected chi connectivity index (χ3v) is 15.0. The van der Waals surface area contributed by atoms with Gasteiger partial charge in [0.2, 0.25) is 0 Å². The lowest BCUT2D eigenvalue weighted by Gasteiger charge is -2.24. The summed E-state index contributed by atoms with van der Waals surface area (Å²) in [6.07, 6.45) is 20.6. The van der Waals surface area contributed by atoms with Crippen molar-refractivity contribution < 1.29 is 0 Å². The smallest absolute Gasteiger partial charge is 0.155 e. The number of rotatable bonds is 10. The van der Waals surface area contributed by atoms with Crippen molar-refractivity contribution >= 4 is 33.4 Å². The van der Waals surface area contributed by atoms with Gasteiger partial charge < -0.3 is 4.57 Å². The molecule has 0 radical (unpaired) electrons. The molecule has 0 amide bonds. The average Bonchev–Trinajstić information content (AvgIpc) is 3.81. The van der Waals surface area contributed by atoms with Gasteiger partial charge in [-0.1, -0.05) is 231 Å². The third kappa shape index (κ3) is 8.64. The summed E-state index contributed by atoms with van der Waals surface area (Å²) in [5, 5.41) is 2.46. The van der Waals surface area contributed by atoms with Crippen molar-refractivity contribution in [2.75, 3.05) is 0 Å². The summed E-state index contributed by atoms with van der Waals surface area (Å²) in [4.78, 5) is 11.1. The van der Waals surface area contributed by atoms with Crippen molar-refractivity contribution in [3.05, 3.63) is 295 Å². The number of fused-ring (bicyclic) bond motifs is 3. The summed E-state index contributed by atoms with van der Waals surface area (Å²) in [6.45, 7) is 0. The van der Waals surface area contributed by atoms with E-state index in [1.807, 2.05) is 0 Å². The van der Waals surface area contributed by atoms with Crippen LogP contribution in [0.4, 0.5) is 0 Å². The number of allylic oxidation sites excluding steroid dienone is 8. The van der Waals surface area contributed by atoms with Crippen molar-refractivity contribution in [1.82, 2.24) is 4.57 Å². The van der Waals surface area contributed by atoms with Crippen LogP contribution in [0.1, 0.15) is 65.0 Å². The number of aromatic nitrogens is 1. The fraction of sp³-hybridized carbons (Fsp3) is 0.0857. The Balaban J connectivity index is 1.11. The summed E-state index contributed by atoms with van der Waals surface area (Å²) < 4.78 is 2.55. The molecule has 0 spiro atoms. The van der Waals surface area contributed by atoms with Gasteiger partial charge in [-0.2, -0.15) is 0 Å². The summed E-state index contributed by atoms with van der Waals surface area (Å²) in [6, 6.07) is 80.2. The Kier molecular flexibility index (Phi) is 11.7. The van der Waals surface area contributed by atoms with Crippen molar-refractivity contribution in [2.45, 2.75) is 37.1 Å². The van der Waals surface area contributed by atoms with E-state index in [9.17, 15) is 0 Å². The van der Waals surface area contributed by atoms with E-state index >= 15 is 0 Å². The lowest BCUT2D eigenvalue weighted by Crippen LogP contribution is -2.17. The Morgan fingerprint density at radius 3 is 1.45 bits per heavy atom. The predicted molar refractivity (Wildman–Crippen MR) is 307 cm³/mol. The minimum Gasteiger partial charge on any atom is -0.308 e. The van der Waals surface area contributed by atoms with Crippen LogP contribution in [0.2, 0.25) is 0 Å². The second kappa shape index (κ2) is 19.4. The summed E-state index contributed by atoms with van der Waals surface area (Å²) in [5.74, 6) is 1.38. The molecule has 13 rings (SSSR count). The van der Waals surface area contributed by atoms with Gasteiger partial charge in [0, 0.05) is 45.7 Å². The Bertz CT molecular complexity index is 3830. The molecular weight excluding hydrogens is 883 g/mol. The highest BCUT2D eigenvalue weighted by Gasteiger charge is 2.27. The molecule has 2 aliphatic carbocycles. The zero-order valence-electron chi connectivity index (χ0n) is 40.6. The first-order valence-electron chi connectivity index (χ1n) is 25.7. The fourth-order valence-electron chi connectivity index (χ4n) is 11.2. The SMILES string of the molecule is C1=CCC(c2ccc(-c3cc(C4=NC(c5ccccc5)CC(c5ccccc5)=N4)cc(-c4ccc(-c5ccccc5)cc4)c3-n3c4ccc(-c5ccccc5)cc4c4cc(C5C=CC=CC5)ccc43)cc2)C=C1. The molecule has 3 aliphatic rings. The summed E-state index contributed by atoms with van der Waals surface area (Å²) in [5.41, 5.74) is 19.6. The molecule has 9 aromatic carbocycles. The number of amidine groups is 1. The maximum atomic E-state index is 5.58. The molecule has 3 heteroatoms. The summed E-state index contributed by atoms with van der Waals surface area (Å²) in [7, 11) is 0. The number of nitrogens with zero attached hydrogens (tertiary/aromatic N) is 3. The third-order valence-electron chi connectivity index (χ3n) is 15.0. The Morgan fingerprint density at radius 2 is 0.849 bits per heavy atom. The highest BCUT2D eigenvalue weighted by molar-refractivity contribution is 6.16. The van der Waals surface area contributed by atoms with Gasteiger partial charge in [0.15, 0.2) is 5.84 Å². The van der Waals surface area contributed by atoms with Gasteiger partial charge in [0.05, 0.1) is 28.5 Å². The van der Waals surface area contributed by atoms with Gasteiger partial charge in [0.1, 0.15) is 0 Å². The monoisotopic (exact) mass is 935 g/mol. The van der Waals surface area contributed by atoms with Gasteiger partial charge in [-0.05, 0) is 105 Å². The zero-order valence-corrected chi connectivity index (χ0v) is 40.6. The molecule has 1 aromatic heterocycles. The normalized spacial score (nSPS) is 17.2. The molecule has 0 N–H and O–H groups in total. The molecule has 348 valence electrons. The van der Waals surface area contributed by atoms with E-state index in [1.54, 1.807) is 0 Å². The van der Waals surface area contributed by atoms with E-state index in [4.69, 9.17) is 9.98 Å². The van der Waals surface area contributed by atoms with E-state index < -0.39 is 0 Å². The van der Waals surface area contributed by atoms with Crippen LogP contribution in [-0.2, 0) is 0 Å². The lowest BCUT2D eigenvalue weighted by molar-refractivity contribution is 0.753. The highest BCUT2D eigenvalue weighted by atomic mass is 15.0. The van der Waals surface area contributed by atoms with Crippen molar-refractivity contribution in [1.29, 1.82) is 0 Å². The first kappa shape index (κ1) is 44.1. The van der Waals surface area contributed by atoms with Crippen LogP contribution in [0.5, 0.6) is 0 Å². The van der Waals surface area contributed by atoms with Crippen LogP contribution in [0.15, 0.2) is 277 Å². The maximum absolute atomic E-state index is 5.58. The molecular formula is C70H53N3. The minimum absolute atomic E-state index is 0.0997. The van der Waals surface area contributed by atoms with Gasteiger partial charge in [-0.3, -0.25) is 4.99 Å². The first-order chi connectivity index (χ1) is 36.2. The second-order valence-electron chi connectivity index (χ2n) is 19.5. The number of aliphatic imine (C=N–C) groups is 2. The van der Waals surface area contributed by atoms with E-state index in [-0.39, 0.29) is 6.04 Å². The molecule has 10 aromatic rings. The molecule has 1 aliphatic heterocycles. The molecule has 73 heavy (non-hydrogen) atoms. The standard InChI is InChI=1S/C70H53N3/c1-7-19-48(20-8-1)52-31-35-54(36-32-52)61-45-60(70-71-65(56-27-15-5-16-28-56)47-66(72-70)57-29-17-6-18-30-57)46-62(55-37-33-53(34-38-55)49-21-9-2-10-22-49)69(61)73-67-41-39-58(50-23-11-3-12-24-50)43-63(67)64-44-59(40-42-68(64)73)51-25-13-4-14-26-51/h1-21,23-25,27-46,49,51,65H,22,26,47H2. The molecule has 3 nitrogen and oxygen atoms in total. The topological polar surface area (TPSA) is 29.6 Å². The zero-order chi connectivity index (χ0) is 48.5. The van der Waals surface area contributed by atoms with Crippen LogP contribution in [-0.4, -0.2) is 16.1 Å². The molecule has 3 atom stereocenters. The largest absolute Gasteiger partial charge is 0.308 e. The number of hydrogen-bond acceptors (Lipinski definition) is 2. The lowest BCUT2D eigenvalue weighted by atomic mass is 9.88. The van der Waals surface area contributed by atoms with Gasteiger partial charge in [-0.15, -0.1) is 0 Å². The molecule has 0 bridgehead atoms. The Hall–Kier alpha value is -8.92. The molecule has 0 saturated heterocycles. The van der Waals surface area contributed by atoms with E-state index in [2.05, 4.69) is 272 Å². The molecule has 0 saturated carbocycles. The van der Waals surface area contributed by atoms with Crippen molar-refractivity contribution in [3.8, 4) is 50.2 Å². The van der Waals surface area contributed by atoms with Gasteiger partial charge in [-0.25, -0.2) is 4.99 Å². The minimum atomic E-state index is -0.0997. The molecule has 0 fully saturated rings. The number of hydrogen-bond donors (Lipinski definition) is 0. The maximum Gasteiger partial charge on any atom is 0.155 e. The first-order valence-corrected chi connectivity index (χ1v) is 25.7. The molecule has 2 heterocycles. The predicted octanol–water partition coefficient (Wildman–Crippen LogP) is 18.0. The van der Waals surface area contributed by atoms with E-state index in [0.29, 0.717) is 18.3 Å². The van der Waals surface area contributed by atoms with Crippen molar-refractivity contribution in [2.24, 2.45) is 9.98 Å². The van der Waals surface area contributed by atoms with Gasteiger partial charge >= 0.3 is 0 Å². The quantitative estimate of drug-likeness (QED) is 0.131. The van der Waals surface area contributed by atoms with Crippen LogP contribution in [0.25, 0.3) is 72.0 Å². The number of benzene rings is 9. The highest BCUT2D eigenvalue weighted by Crippen LogP contribution is 2.45. The summed E-state index contributed by atoms with van der Waals surface area (Å²) >= 11 is 0. The fourth-order valence-corrected chi connectivity index (χ4v) is 11.2. The molecule has 3 unspecified atom stereocenters. The van der Waals surface area contributed by atoms with Crippen LogP contribution < -0.4 is 0 Å². The van der Waals surface area contributed by atoms with Gasteiger partial charge in [0.25, 0.3) is 0 Å². The Labute approximate surface area is 427 Å². The van der Waals surface area contributed by atoms with E-state index in [0.717, 1.165) is 74.5 Å². The Morgan fingerprint density at radius 1 is 0.370 bits per heavy atom. The van der Waals surface area contributed by atoms with Crippen LogP contribution >= 0.6 is 0 Å². The average molecular weight is 936 g/mol. The van der Waals surface area contributed by atoms with Crippen molar-refractivity contribution in [3.63, 3.8) is 0 Å².